The molecule has 2 aliphatic rings. The Morgan fingerprint density at radius 3 is 2.82 bits per heavy atom. The van der Waals surface area contributed by atoms with Gasteiger partial charge in [-0.25, -0.2) is 0 Å². The van der Waals surface area contributed by atoms with Crippen LogP contribution in [0.1, 0.15) is 37.9 Å². The van der Waals surface area contributed by atoms with Crippen molar-refractivity contribution in [3.8, 4) is 5.75 Å². The number of fused-ring (bicyclic) bond motifs is 1. The van der Waals surface area contributed by atoms with Gasteiger partial charge in [0.2, 0.25) is 0 Å². The zero-order chi connectivity index (χ0) is 11.8. The summed E-state index contributed by atoms with van der Waals surface area (Å²) < 4.78 is 5.42. The van der Waals surface area contributed by atoms with E-state index in [4.69, 9.17) is 4.74 Å². The van der Waals surface area contributed by atoms with Crippen LogP contribution in [0.5, 0.6) is 5.75 Å². The van der Waals surface area contributed by atoms with E-state index >= 15 is 0 Å². The molecule has 1 heterocycles. The molecule has 1 N–H and O–H groups in total. The molecule has 3 rings (SSSR count). The summed E-state index contributed by atoms with van der Waals surface area (Å²) in [5, 5.41) is 10.4. The summed E-state index contributed by atoms with van der Waals surface area (Å²) in [6.07, 6.45) is 6.86. The molecule has 0 spiro atoms. The fourth-order valence-corrected chi connectivity index (χ4v) is 3.13. The van der Waals surface area contributed by atoms with Crippen molar-refractivity contribution in [3.63, 3.8) is 0 Å². The van der Waals surface area contributed by atoms with Gasteiger partial charge in [-0.15, -0.1) is 0 Å². The fraction of sp³-hybridized carbons (Fsp3) is 0.643. The average Bonchev–Trinajstić information content (AvgIpc) is 2.96. The molecule has 0 radical (unpaired) electrons. The molecule has 0 saturated heterocycles. The summed E-state index contributed by atoms with van der Waals surface area (Å²) in [6, 6.07) is 1.92. The second kappa shape index (κ2) is 4.30. The van der Waals surface area contributed by atoms with Gasteiger partial charge in [0.15, 0.2) is 0 Å². The molecule has 2 aliphatic carbocycles. The quantitative estimate of drug-likeness (QED) is 0.869. The van der Waals surface area contributed by atoms with E-state index in [1.54, 1.807) is 12.4 Å². The van der Waals surface area contributed by atoms with E-state index < -0.39 is 0 Å². The second-order valence-electron chi connectivity index (χ2n) is 5.32. The highest BCUT2D eigenvalue weighted by Gasteiger charge is 2.47. The van der Waals surface area contributed by atoms with Crippen LogP contribution in [0.15, 0.2) is 18.5 Å². The van der Waals surface area contributed by atoms with Gasteiger partial charge >= 0.3 is 0 Å². The topological polar surface area (TPSA) is 42.4 Å². The lowest BCUT2D eigenvalue weighted by Crippen LogP contribution is -2.11. The number of aromatic nitrogens is 1. The minimum absolute atomic E-state index is 0.365. The molecule has 0 aliphatic heterocycles. The van der Waals surface area contributed by atoms with Gasteiger partial charge < -0.3 is 9.84 Å². The Labute approximate surface area is 102 Å². The van der Waals surface area contributed by atoms with Crippen molar-refractivity contribution >= 4 is 0 Å². The van der Waals surface area contributed by atoms with Gasteiger partial charge in [-0.1, -0.05) is 0 Å². The molecule has 0 aromatic carbocycles. The number of rotatable bonds is 4. The predicted octanol–water partition coefficient (Wildman–Crippen LogP) is 2.56. The van der Waals surface area contributed by atoms with Gasteiger partial charge in [-0.3, -0.25) is 4.98 Å². The van der Waals surface area contributed by atoms with Crippen molar-refractivity contribution in [1.82, 2.24) is 4.98 Å². The lowest BCUT2D eigenvalue weighted by molar-refractivity contribution is 0.104. The highest BCUT2D eigenvalue weighted by atomic mass is 16.5. The molecule has 1 aromatic heterocycles. The number of aliphatic hydroxyl groups is 1. The van der Waals surface area contributed by atoms with Crippen LogP contribution in [0.3, 0.4) is 0 Å². The van der Waals surface area contributed by atoms with E-state index in [0.29, 0.717) is 12.5 Å². The largest absolute Gasteiger partial charge is 0.492 e. The van der Waals surface area contributed by atoms with Crippen LogP contribution in [0.4, 0.5) is 0 Å². The van der Waals surface area contributed by atoms with Gasteiger partial charge in [0.25, 0.3) is 0 Å². The molecule has 92 valence electrons. The van der Waals surface area contributed by atoms with Crippen molar-refractivity contribution < 1.29 is 9.84 Å². The third-order valence-corrected chi connectivity index (χ3v) is 4.11. The number of ether oxygens (including phenoxy) is 1. The summed E-state index contributed by atoms with van der Waals surface area (Å²) in [6.45, 7) is 2.59. The maximum atomic E-state index is 10.4. The van der Waals surface area contributed by atoms with Crippen LogP contribution in [0.25, 0.3) is 0 Å². The third kappa shape index (κ3) is 2.16. The Morgan fingerprint density at radius 1 is 1.35 bits per heavy atom. The highest BCUT2D eigenvalue weighted by Crippen LogP contribution is 2.57. The maximum Gasteiger partial charge on any atom is 0.137 e. The fourth-order valence-electron chi connectivity index (χ4n) is 3.13. The first-order valence-corrected chi connectivity index (χ1v) is 6.53. The van der Waals surface area contributed by atoms with Crippen molar-refractivity contribution in [2.45, 2.75) is 32.3 Å². The molecule has 17 heavy (non-hydrogen) atoms. The molecule has 3 nitrogen and oxygen atoms in total. The molecule has 1 aromatic rings. The maximum absolute atomic E-state index is 10.4. The number of hydrogen-bond donors (Lipinski definition) is 1. The second-order valence-corrected chi connectivity index (χ2v) is 5.32. The first-order valence-electron chi connectivity index (χ1n) is 6.53. The zero-order valence-corrected chi connectivity index (χ0v) is 10.2. The first kappa shape index (κ1) is 11.0. The Kier molecular flexibility index (Phi) is 2.79. The Balaban J connectivity index is 1.71. The molecule has 3 atom stereocenters. The number of hydrogen-bond acceptors (Lipinski definition) is 3. The minimum atomic E-state index is -0.365. The smallest absolute Gasteiger partial charge is 0.137 e. The molecular formula is C14H19NO2. The normalized spacial score (nSPS) is 32.0. The van der Waals surface area contributed by atoms with Crippen molar-refractivity contribution in [3.05, 3.63) is 24.0 Å². The van der Waals surface area contributed by atoms with Crippen molar-refractivity contribution in [2.24, 2.45) is 17.8 Å². The van der Waals surface area contributed by atoms with Gasteiger partial charge in [-0.05, 0) is 50.0 Å². The van der Waals surface area contributed by atoms with Crippen LogP contribution in [0.2, 0.25) is 0 Å². The summed E-state index contributed by atoms with van der Waals surface area (Å²) >= 11 is 0. The Hall–Kier alpha value is -1.09. The average molecular weight is 233 g/mol. The van der Waals surface area contributed by atoms with E-state index in [9.17, 15) is 5.11 Å². The highest BCUT2D eigenvalue weighted by molar-refractivity contribution is 5.26. The monoisotopic (exact) mass is 233 g/mol. The summed E-state index contributed by atoms with van der Waals surface area (Å²) in [7, 11) is 0. The molecule has 3 heteroatoms. The molecule has 2 fully saturated rings. The van der Waals surface area contributed by atoms with Gasteiger partial charge in [0, 0.05) is 11.8 Å². The lowest BCUT2D eigenvalue weighted by atomic mass is 9.92. The lowest BCUT2D eigenvalue weighted by Gasteiger charge is -2.19. The molecular weight excluding hydrogens is 214 g/mol. The van der Waals surface area contributed by atoms with Crippen LogP contribution < -0.4 is 4.74 Å². The van der Waals surface area contributed by atoms with E-state index in [-0.39, 0.29) is 6.10 Å². The van der Waals surface area contributed by atoms with Crippen LogP contribution in [-0.4, -0.2) is 16.7 Å². The van der Waals surface area contributed by atoms with Crippen LogP contribution >= 0.6 is 0 Å². The molecule has 3 unspecified atom stereocenters. The summed E-state index contributed by atoms with van der Waals surface area (Å²) in [5.74, 6) is 2.99. The van der Waals surface area contributed by atoms with Crippen molar-refractivity contribution in [1.29, 1.82) is 0 Å². The summed E-state index contributed by atoms with van der Waals surface area (Å²) in [5.41, 5.74) is 0.905. The Bertz CT molecular complexity index is 397. The zero-order valence-electron chi connectivity index (χ0n) is 10.2. The van der Waals surface area contributed by atoms with Crippen LogP contribution in [-0.2, 0) is 0 Å². The molecule has 2 saturated carbocycles. The van der Waals surface area contributed by atoms with Gasteiger partial charge in [0.05, 0.1) is 18.9 Å². The first-order chi connectivity index (χ1) is 8.28. The SMILES string of the molecule is CCOc1cncc(C(O)C2CC3CC3C2)c1. The molecule has 0 amide bonds. The van der Waals surface area contributed by atoms with Crippen LogP contribution in [0, 0.1) is 17.8 Å². The number of nitrogens with zero attached hydrogens (tertiary/aromatic N) is 1. The number of aliphatic hydroxyl groups excluding tert-OH is 1. The Morgan fingerprint density at radius 2 is 2.12 bits per heavy atom. The van der Waals surface area contributed by atoms with Gasteiger partial charge in [0.1, 0.15) is 5.75 Å². The third-order valence-electron chi connectivity index (χ3n) is 4.11. The van der Waals surface area contributed by atoms with E-state index in [2.05, 4.69) is 4.98 Å². The van der Waals surface area contributed by atoms with Gasteiger partial charge in [-0.2, -0.15) is 0 Å². The van der Waals surface area contributed by atoms with E-state index in [1.807, 2.05) is 13.0 Å². The van der Waals surface area contributed by atoms with Crippen molar-refractivity contribution in [2.75, 3.05) is 6.61 Å². The number of pyridine rings is 1. The minimum Gasteiger partial charge on any atom is -0.492 e. The predicted molar refractivity (Wildman–Crippen MR) is 64.7 cm³/mol. The standard InChI is InChI=1S/C14H19NO2/c1-2-17-13-6-12(7-15-8-13)14(16)11-4-9-3-10(9)5-11/h6-11,14,16H,2-5H2,1H3. The summed E-state index contributed by atoms with van der Waals surface area (Å²) in [4.78, 5) is 4.14. The molecule has 0 bridgehead atoms. The van der Waals surface area contributed by atoms with E-state index in [0.717, 1.165) is 23.1 Å². The van der Waals surface area contributed by atoms with E-state index in [1.165, 1.54) is 19.3 Å².